The van der Waals surface area contributed by atoms with Gasteiger partial charge in [0.15, 0.2) is 5.16 Å². The third-order valence-corrected chi connectivity index (χ3v) is 2.72. The zero-order chi connectivity index (χ0) is 11.5. The molecule has 7 heteroatoms. The lowest BCUT2D eigenvalue weighted by Gasteiger charge is -2.00. The SMILES string of the molecule is O=C(O)c1cc(Cl)nc(Sc2ncc[nH]2)c1. The number of H-pyrrole nitrogens is 1. The lowest BCUT2D eigenvalue weighted by atomic mass is 10.3. The molecule has 0 saturated carbocycles. The quantitative estimate of drug-likeness (QED) is 0.823. The van der Waals surface area contributed by atoms with Gasteiger partial charge in [0.1, 0.15) is 10.2 Å². The van der Waals surface area contributed by atoms with E-state index in [-0.39, 0.29) is 10.7 Å². The van der Waals surface area contributed by atoms with Gasteiger partial charge in [0.25, 0.3) is 0 Å². The topological polar surface area (TPSA) is 78.9 Å². The Labute approximate surface area is 99.9 Å². The normalized spacial score (nSPS) is 10.3. The van der Waals surface area contributed by atoms with Crippen molar-refractivity contribution in [3.8, 4) is 0 Å². The summed E-state index contributed by atoms with van der Waals surface area (Å²) >= 11 is 6.93. The zero-order valence-electron chi connectivity index (χ0n) is 7.85. The highest BCUT2D eigenvalue weighted by molar-refractivity contribution is 7.99. The fourth-order valence-electron chi connectivity index (χ4n) is 1.05. The summed E-state index contributed by atoms with van der Waals surface area (Å²) in [5.41, 5.74) is 0.106. The molecule has 16 heavy (non-hydrogen) atoms. The molecule has 0 bridgehead atoms. The van der Waals surface area contributed by atoms with E-state index in [1.807, 2.05) is 0 Å². The summed E-state index contributed by atoms with van der Waals surface area (Å²) in [5.74, 6) is -1.04. The molecule has 2 heterocycles. The van der Waals surface area contributed by atoms with Crippen molar-refractivity contribution >= 4 is 29.3 Å². The Morgan fingerprint density at radius 1 is 1.50 bits per heavy atom. The van der Waals surface area contributed by atoms with E-state index in [9.17, 15) is 4.79 Å². The molecular weight excluding hydrogens is 250 g/mol. The molecule has 0 aliphatic rings. The van der Waals surface area contributed by atoms with Gasteiger partial charge >= 0.3 is 5.97 Å². The van der Waals surface area contributed by atoms with Gasteiger partial charge in [-0.3, -0.25) is 0 Å². The van der Waals surface area contributed by atoms with Crippen LogP contribution < -0.4 is 0 Å². The second-order valence-corrected chi connectivity index (χ2v) is 4.21. The number of hydrogen-bond acceptors (Lipinski definition) is 4. The lowest BCUT2D eigenvalue weighted by Crippen LogP contribution is -1.97. The predicted molar refractivity (Wildman–Crippen MR) is 58.9 cm³/mol. The fraction of sp³-hybridized carbons (Fsp3) is 0. The number of aromatic amines is 1. The molecule has 0 aliphatic heterocycles. The predicted octanol–water partition coefficient (Wildman–Crippen LogP) is 2.31. The first-order valence-corrected chi connectivity index (χ1v) is 5.43. The molecule has 0 radical (unpaired) electrons. The van der Waals surface area contributed by atoms with Gasteiger partial charge in [-0.2, -0.15) is 0 Å². The Hall–Kier alpha value is -1.53. The van der Waals surface area contributed by atoms with Crippen molar-refractivity contribution in [2.75, 3.05) is 0 Å². The van der Waals surface area contributed by atoms with E-state index >= 15 is 0 Å². The van der Waals surface area contributed by atoms with Crippen LogP contribution in [0.1, 0.15) is 10.4 Å². The second-order valence-electron chi connectivity index (χ2n) is 2.82. The molecule has 0 unspecified atom stereocenters. The number of imidazole rings is 1. The molecule has 2 aromatic heterocycles. The molecule has 0 amide bonds. The van der Waals surface area contributed by atoms with Gasteiger partial charge in [-0.05, 0) is 23.9 Å². The van der Waals surface area contributed by atoms with Gasteiger partial charge < -0.3 is 10.1 Å². The van der Waals surface area contributed by atoms with Gasteiger partial charge in [-0.25, -0.2) is 14.8 Å². The van der Waals surface area contributed by atoms with E-state index in [2.05, 4.69) is 15.0 Å². The number of aromatic nitrogens is 3. The minimum atomic E-state index is -1.04. The van der Waals surface area contributed by atoms with Crippen LogP contribution in [-0.4, -0.2) is 26.0 Å². The second kappa shape index (κ2) is 4.54. The van der Waals surface area contributed by atoms with Crippen LogP contribution in [0.25, 0.3) is 0 Å². The van der Waals surface area contributed by atoms with E-state index in [4.69, 9.17) is 16.7 Å². The van der Waals surface area contributed by atoms with Crippen LogP contribution in [0.15, 0.2) is 34.7 Å². The van der Waals surface area contributed by atoms with Crippen molar-refractivity contribution in [2.45, 2.75) is 10.2 Å². The van der Waals surface area contributed by atoms with Crippen LogP contribution in [0.4, 0.5) is 0 Å². The highest BCUT2D eigenvalue weighted by Gasteiger charge is 2.09. The number of nitrogens with zero attached hydrogens (tertiary/aromatic N) is 2. The summed E-state index contributed by atoms with van der Waals surface area (Å²) in [6.07, 6.45) is 3.27. The third-order valence-electron chi connectivity index (χ3n) is 1.69. The fourth-order valence-corrected chi connectivity index (χ4v) is 2.08. The smallest absolute Gasteiger partial charge is 0.335 e. The Balaban J connectivity index is 2.31. The Morgan fingerprint density at radius 3 is 2.94 bits per heavy atom. The number of carbonyl (C=O) groups is 1. The highest BCUT2D eigenvalue weighted by Crippen LogP contribution is 2.25. The van der Waals surface area contributed by atoms with Gasteiger partial charge in [0.2, 0.25) is 0 Å². The number of carboxylic acid groups (broad SMARTS) is 1. The number of hydrogen-bond donors (Lipinski definition) is 2. The maximum absolute atomic E-state index is 10.8. The molecule has 5 nitrogen and oxygen atoms in total. The molecule has 0 aromatic carbocycles. The van der Waals surface area contributed by atoms with Gasteiger partial charge in [0.05, 0.1) is 5.56 Å². The Kier molecular flexibility index (Phi) is 3.12. The van der Waals surface area contributed by atoms with Gasteiger partial charge in [-0.1, -0.05) is 11.6 Å². The number of aromatic carboxylic acids is 1. The Bertz CT molecular complexity index is 515. The van der Waals surface area contributed by atoms with Crippen molar-refractivity contribution < 1.29 is 9.90 Å². The first-order valence-electron chi connectivity index (χ1n) is 4.23. The van der Waals surface area contributed by atoms with Gasteiger partial charge in [0, 0.05) is 12.4 Å². The monoisotopic (exact) mass is 255 g/mol. The summed E-state index contributed by atoms with van der Waals surface area (Å²) in [4.78, 5) is 21.7. The molecule has 0 fully saturated rings. The first-order chi connectivity index (χ1) is 7.65. The summed E-state index contributed by atoms with van der Waals surface area (Å²) in [5, 5.41) is 10.1. The van der Waals surface area contributed by atoms with E-state index in [0.717, 1.165) is 0 Å². The van der Waals surface area contributed by atoms with Crippen molar-refractivity contribution in [2.24, 2.45) is 0 Å². The summed E-state index contributed by atoms with van der Waals surface area (Å²) in [6.45, 7) is 0. The van der Waals surface area contributed by atoms with E-state index in [0.29, 0.717) is 10.2 Å². The maximum atomic E-state index is 10.8. The molecule has 2 aromatic rings. The number of halogens is 1. The molecule has 2 rings (SSSR count). The van der Waals surface area contributed by atoms with Crippen LogP contribution in [0.5, 0.6) is 0 Å². The molecule has 0 aliphatic carbocycles. The van der Waals surface area contributed by atoms with Crippen LogP contribution in [0.3, 0.4) is 0 Å². The minimum Gasteiger partial charge on any atom is -0.478 e. The zero-order valence-corrected chi connectivity index (χ0v) is 9.42. The van der Waals surface area contributed by atoms with E-state index in [1.54, 1.807) is 12.4 Å². The van der Waals surface area contributed by atoms with Crippen LogP contribution >= 0.6 is 23.4 Å². The average molecular weight is 256 g/mol. The molecule has 82 valence electrons. The number of carboxylic acids is 1. The molecular formula is C9H6ClN3O2S. The largest absolute Gasteiger partial charge is 0.478 e. The third kappa shape index (κ3) is 2.53. The van der Waals surface area contributed by atoms with Crippen molar-refractivity contribution in [3.63, 3.8) is 0 Å². The van der Waals surface area contributed by atoms with Crippen LogP contribution in [0.2, 0.25) is 5.15 Å². The van der Waals surface area contributed by atoms with Crippen LogP contribution in [-0.2, 0) is 0 Å². The summed E-state index contributed by atoms with van der Waals surface area (Å²) < 4.78 is 0. The average Bonchev–Trinajstić information content (AvgIpc) is 2.69. The molecule has 2 N–H and O–H groups in total. The lowest BCUT2D eigenvalue weighted by molar-refractivity contribution is 0.0696. The number of rotatable bonds is 3. The number of pyridine rings is 1. The van der Waals surface area contributed by atoms with Crippen molar-refractivity contribution in [1.82, 2.24) is 15.0 Å². The molecule has 0 spiro atoms. The standard InChI is InChI=1S/C9H6ClN3O2S/c10-6-3-5(8(14)15)4-7(13-6)16-9-11-1-2-12-9/h1-4H,(H,11,12)(H,14,15). The summed E-state index contributed by atoms with van der Waals surface area (Å²) in [7, 11) is 0. The number of nitrogens with one attached hydrogen (secondary N) is 1. The van der Waals surface area contributed by atoms with E-state index in [1.165, 1.54) is 23.9 Å². The molecule has 0 saturated heterocycles. The summed E-state index contributed by atoms with van der Waals surface area (Å²) in [6, 6.07) is 2.75. The van der Waals surface area contributed by atoms with E-state index < -0.39 is 5.97 Å². The van der Waals surface area contributed by atoms with Crippen molar-refractivity contribution in [3.05, 3.63) is 35.2 Å². The minimum absolute atomic E-state index is 0.106. The first kappa shape index (κ1) is 11.0. The molecule has 0 atom stereocenters. The van der Waals surface area contributed by atoms with Crippen molar-refractivity contribution in [1.29, 1.82) is 0 Å². The van der Waals surface area contributed by atoms with Crippen LogP contribution in [0, 0.1) is 0 Å². The van der Waals surface area contributed by atoms with Gasteiger partial charge in [-0.15, -0.1) is 0 Å². The Morgan fingerprint density at radius 2 is 2.31 bits per heavy atom. The maximum Gasteiger partial charge on any atom is 0.335 e. The highest BCUT2D eigenvalue weighted by atomic mass is 35.5.